The lowest BCUT2D eigenvalue weighted by Crippen LogP contribution is -2.26. The Morgan fingerprint density at radius 2 is 2.17 bits per heavy atom. The number of H-pyrrole nitrogens is 1. The van der Waals surface area contributed by atoms with E-state index in [0.717, 1.165) is 5.69 Å². The smallest absolute Gasteiger partial charge is 0.274 e. The molecular formula is C13H15N3O2. The quantitative estimate of drug-likeness (QED) is 0.867. The maximum absolute atomic E-state index is 12.2. The summed E-state index contributed by atoms with van der Waals surface area (Å²) in [5, 5.41) is 0. The second kappa shape index (κ2) is 4.83. The molecule has 94 valence electrons. The molecule has 0 saturated carbocycles. The minimum atomic E-state index is -0.153. The number of benzene rings is 1. The van der Waals surface area contributed by atoms with Crippen molar-refractivity contribution in [3.63, 3.8) is 0 Å². The van der Waals surface area contributed by atoms with Crippen molar-refractivity contribution in [2.75, 3.05) is 24.8 Å². The Morgan fingerprint density at radius 3 is 2.78 bits per heavy atom. The second-order valence-corrected chi connectivity index (χ2v) is 3.91. The van der Waals surface area contributed by atoms with Crippen LogP contribution in [0.4, 0.5) is 11.4 Å². The predicted octanol–water partition coefficient (Wildman–Crippen LogP) is 1.88. The molecule has 0 aliphatic rings. The standard InChI is InChI=1S/C13H15N3O2/c1-16(10-4-3-5-11(7-10)18-2)13(17)12-6-9(14)8-15-12/h3-8,15H,14H2,1-2H3. The first-order valence-electron chi connectivity index (χ1n) is 5.48. The molecule has 2 aromatic rings. The van der Waals surface area contributed by atoms with Crippen LogP contribution in [0.5, 0.6) is 5.75 Å². The molecule has 0 saturated heterocycles. The van der Waals surface area contributed by atoms with E-state index in [-0.39, 0.29) is 5.91 Å². The van der Waals surface area contributed by atoms with Crippen LogP contribution in [-0.4, -0.2) is 25.0 Å². The molecule has 0 bridgehead atoms. The van der Waals surface area contributed by atoms with Crippen LogP contribution in [0.1, 0.15) is 10.5 Å². The largest absolute Gasteiger partial charge is 0.497 e. The molecule has 0 radical (unpaired) electrons. The molecule has 5 nitrogen and oxygen atoms in total. The zero-order valence-electron chi connectivity index (χ0n) is 10.3. The Balaban J connectivity index is 2.25. The average molecular weight is 245 g/mol. The first-order chi connectivity index (χ1) is 8.61. The number of aromatic amines is 1. The molecule has 0 atom stereocenters. The molecule has 1 aromatic heterocycles. The third kappa shape index (κ3) is 2.29. The normalized spacial score (nSPS) is 10.1. The minimum Gasteiger partial charge on any atom is -0.497 e. The van der Waals surface area contributed by atoms with Gasteiger partial charge in [0.15, 0.2) is 0 Å². The van der Waals surface area contributed by atoms with Gasteiger partial charge >= 0.3 is 0 Å². The Labute approximate surface area is 105 Å². The highest BCUT2D eigenvalue weighted by atomic mass is 16.5. The zero-order chi connectivity index (χ0) is 13.1. The van der Waals surface area contributed by atoms with Gasteiger partial charge in [-0.1, -0.05) is 6.07 Å². The zero-order valence-corrected chi connectivity index (χ0v) is 10.3. The number of hydrogen-bond acceptors (Lipinski definition) is 3. The van der Waals surface area contributed by atoms with Crippen LogP contribution >= 0.6 is 0 Å². The van der Waals surface area contributed by atoms with E-state index < -0.39 is 0 Å². The van der Waals surface area contributed by atoms with Gasteiger partial charge in [-0.05, 0) is 18.2 Å². The van der Waals surface area contributed by atoms with Crippen molar-refractivity contribution in [3.8, 4) is 5.75 Å². The van der Waals surface area contributed by atoms with Crippen molar-refractivity contribution >= 4 is 17.3 Å². The summed E-state index contributed by atoms with van der Waals surface area (Å²) in [6.45, 7) is 0. The summed E-state index contributed by atoms with van der Waals surface area (Å²) in [6, 6.07) is 8.91. The second-order valence-electron chi connectivity index (χ2n) is 3.91. The Morgan fingerprint density at radius 1 is 1.39 bits per heavy atom. The molecule has 0 spiro atoms. The van der Waals surface area contributed by atoms with Crippen LogP contribution < -0.4 is 15.4 Å². The van der Waals surface area contributed by atoms with Crippen LogP contribution in [0.15, 0.2) is 36.5 Å². The maximum Gasteiger partial charge on any atom is 0.274 e. The summed E-state index contributed by atoms with van der Waals surface area (Å²) in [6.07, 6.45) is 1.59. The van der Waals surface area contributed by atoms with Crippen LogP contribution in [0.2, 0.25) is 0 Å². The number of amides is 1. The van der Waals surface area contributed by atoms with E-state index in [9.17, 15) is 4.79 Å². The van der Waals surface area contributed by atoms with Gasteiger partial charge in [0.25, 0.3) is 5.91 Å². The lowest BCUT2D eigenvalue weighted by Gasteiger charge is -2.17. The Kier molecular flexibility index (Phi) is 3.23. The van der Waals surface area contributed by atoms with Crippen LogP contribution in [0.3, 0.4) is 0 Å². The molecular weight excluding hydrogens is 230 g/mol. The number of ether oxygens (including phenoxy) is 1. The van der Waals surface area contributed by atoms with Crippen molar-refractivity contribution < 1.29 is 9.53 Å². The number of nitrogens with zero attached hydrogens (tertiary/aromatic N) is 1. The van der Waals surface area contributed by atoms with E-state index >= 15 is 0 Å². The fourth-order valence-corrected chi connectivity index (χ4v) is 1.65. The van der Waals surface area contributed by atoms with E-state index in [4.69, 9.17) is 10.5 Å². The molecule has 1 aromatic carbocycles. The fourth-order valence-electron chi connectivity index (χ4n) is 1.65. The summed E-state index contributed by atoms with van der Waals surface area (Å²) in [4.78, 5) is 16.5. The predicted molar refractivity (Wildman–Crippen MR) is 70.9 cm³/mol. The Hall–Kier alpha value is -2.43. The van der Waals surface area contributed by atoms with Gasteiger partial charge < -0.3 is 20.4 Å². The van der Waals surface area contributed by atoms with E-state index in [1.165, 1.54) is 4.90 Å². The van der Waals surface area contributed by atoms with Gasteiger partial charge in [0.1, 0.15) is 11.4 Å². The van der Waals surface area contributed by atoms with E-state index in [1.807, 2.05) is 18.2 Å². The Bertz CT molecular complexity index is 563. The molecule has 0 unspecified atom stereocenters. The highest BCUT2D eigenvalue weighted by Crippen LogP contribution is 2.21. The van der Waals surface area contributed by atoms with Gasteiger partial charge in [-0.3, -0.25) is 4.79 Å². The monoisotopic (exact) mass is 245 g/mol. The van der Waals surface area contributed by atoms with Gasteiger partial charge in [0, 0.05) is 30.7 Å². The number of rotatable bonds is 3. The summed E-state index contributed by atoms with van der Waals surface area (Å²) in [5.41, 5.74) is 7.33. The van der Waals surface area contributed by atoms with Crippen LogP contribution in [0, 0.1) is 0 Å². The number of nitrogens with two attached hydrogens (primary N) is 1. The SMILES string of the molecule is COc1cccc(N(C)C(=O)c2cc(N)c[nH]2)c1. The van der Waals surface area contributed by atoms with E-state index in [2.05, 4.69) is 4.98 Å². The van der Waals surface area contributed by atoms with Crippen molar-refractivity contribution in [2.45, 2.75) is 0 Å². The highest BCUT2D eigenvalue weighted by molar-refractivity contribution is 6.05. The van der Waals surface area contributed by atoms with Gasteiger partial charge in [-0.15, -0.1) is 0 Å². The third-order valence-corrected chi connectivity index (χ3v) is 2.68. The molecule has 2 rings (SSSR count). The lowest BCUT2D eigenvalue weighted by atomic mass is 10.2. The minimum absolute atomic E-state index is 0.153. The number of anilines is 2. The van der Waals surface area contributed by atoms with Gasteiger partial charge in [0.2, 0.25) is 0 Å². The maximum atomic E-state index is 12.2. The summed E-state index contributed by atoms with van der Waals surface area (Å²) in [7, 11) is 3.29. The first kappa shape index (κ1) is 12.0. The average Bonchev–Trinajstić information content (AvgIpc) is 2.83. The highest BCUT2D eigenvalue weighted by Gasteiger charge is 2.15. The molecule has 3 N–H and O–H groups in total. The number of nitrogen functional groups attached to an aromatic ring is 1. The number of aromatic nitrogens is 1. The molecule has 0 aliphatic carbocycles. The van der Waals surface area contributed by atoms with Crippen LogP contribution in [-0.2, 0) is 0 Å². The molecule has 5 heteroatoms. The number of hydrogen-bond donors (Lipinski definition) is 2. The number of carbonyl (C=O) groups is 1. The van der Waals surface area contributed by atoms with Crippen LogP contribution in [0.25, 0.3) is 0 Å². The first-order valence-corrected chi connectivity index (χ1v) is 5.48. The number of nitrogens with one attached hydrogen (secondary N) is 1. The third-order valence-electron chi connectivity index (χ3n) is 2.68. The van der Waals surface area contributed by atoms with Crippen molar-refractivity contribution in [1.82, 2.24) is 4.98 Å². The summed E-state index contributed by atoms with van der Waals surface area (Å²) < 4.78 is 5.13. The van der Waals surface area contributed by atoms with Crippen molar-refractivity contribution in [2.24, 2.45) is 0 Å². The molecule has 1 amide bonds. The van der Waals surface area contributed by atoms with Gasteiger partial charge in [-0.25, -0.2) is 0 Å². The molecule has 0 aliphatic heterocycles. The molecule has 0 fully saturated rings. The van der Waals surface area contributed by atoms with E-state index in [1.54, 1.807) is 32.5 Å². The van der Waals surface area contributed by atoms with Crippen molar-refractivity contribution in [3.05, 3.63) is 42.2 Å². The van der Waals surface area contributed by atoms with Gasteiger partial charge in [0.05, 0.1) is 7.11 Å². The topological polar surface area (TPSA) is 71.3 Å². The molecule has 1 heterocycles. The molecule has 18 heavy (non-hydrogen) atoms. The van der Waals surface area contributed by atoms with E-state index in [0.29, 0.717) is 17.1 Å². The fraction of sp³-hybridized carbons (Fsp3) is 0.154. The number of carbonyl (C=O) groups excluding carboxylic acids is 1. The lowest BCUT2D eigenvalue weighted by molar-refractivity contribution is 0.0989. The van der Waals surface area contributed by atoms with Gasteiger partial charge in [-0.2, -0.15) is 0 Å². The summed E-state index contributed by atoms with van der Waals surface area (Å²) in [5.74, 6) is 0.554. The van der Waals surface area contributed by atoms with Crippen molar-refractivity contribution in [1.29, 1.82) is 0 Å². The number of methoxy groups -OCH3 is 1. The summed E-state index contributed by atoms with van der Waals surface area (Å²) >= 11 is 0.